The van der Waals surface area contributed by atoms with Crippen molar-refractivity contribution < 1.29 is 0 Å². The fourth-order valence-corrected chi connectivity index (χ4v) is 2.15. The molecule has 1 fully saturated rings. The molecule has 1 aliphatic heterocycles. The lowest BCUT2D eigenvalue weighted by Gasteiger charge is -2.29. The smallest absolute Gasteiger partial charge is 0.00205 e. The molecule has 0 aromatic carbocycles. The fraction of sp³-hybridized carbons (Fsp3) is 1.00. The largest absolute Gasteiger partial charge is 0.316 e. The monoisotopic (exact) mass is 169 g/mol. The van der Waals surface area contributed by atoms with E-state index in [0.29, 0.717) is 0 Å². The third kappa shape index (κ3) is 3.14. The quantitative estimate of drug-likeness (QED) is 0.638. The maximum atomic E-state index is 3.45. The summed E-state index contributed by atoms with van der Waals surface area (Å²) in [6, 6.07) is 0. The molecular weight excluding hydrogens is 146 g/mol. The first-order valence-electron chi connectivity index (χ1n) is 5.55. The van der Waals surface area contributed by atoms with Gasteiger partial charge in [0.25, 0.3) is 0 Å². The van der Waals surface area contributed by atoms with Crippen LogP contribution in [0.15, 0.2) is 0 Å². The van der Waals surface area contributed by atoms with E-state index < -0.39 is 0 Å². The highest BCUT2D eigenvalue weighted by atomic mass is 14.9. The van der Waals surface area contributed by atoms with Gasteiger partial charge < -0.3 is 5.32 Å². The summed E-state index contributed by atoms with van der Waals surface area (Å²) in [5.41, 5.74) is 0. The highest BCUT2D eigenvalue weighted by Gasteiger charge is 2.19. The van der Waals surface area contributed by atoms with E-state index in [2.05, 4.69) is 19.2 Å². The second kappa shape index (κ2) is 5.58. The average molecular weight is 169 g/mol. The van der Waals surface area contributed by atoms with E-state index in [9.17, 15) is 0 Å². The van der Waals surface area contributed by atoms with Gasteiger partial charge in [-0.05, 0) is 31.3 Å². The molecule has 0 saturated carbocycles. The second-order valence-corrected chi connectivity index (χ2v) is 4.23. The lowest BCUT2D eigenvalue weighted by atomic mass is 9.84. The Kier molecular flexibility index (Phi) is 4.67. The zero-order valence-electron chi connectivity index (χ0n) is 8.60. The molecule has 0 aromatic rings. The maximum Gasteiger partial charge on any atom is -0.00205 e. The molecular formula is C11H23N. The third-order valence-corrected chi connectivity index (χ3v) is 3.14. The molecule has 1 aliphatic rings. The van der Waals surface area contributed by atoms with Crippen LogP contribution < -0.4 is 5.32 Å². The van der Waals surface area contributed by atoms with Gasteiger partial charge >= 0.3 is 0 Å². The van der Waals surface area contributed by atoms with Crippen molar-refractivity contribution in [2.24, 2.45) is 11.8 Å². The molecule has 0 unspecified atom stereocenters. The van der Waals surface area contributed by atoms with Gasteiger partial charge in [-0.15, -0.1) is 0 Å². The topological polar surface area (TPSA) is 12.0 Å². The first-order valence-corrected chi connectivity index (χ1v) is 5.55. The Hall–Kier alpha value is -0.0400. The number of rotatable bonds is 4. The van der Waals surface area contributed by atoms with Crippen molar-refractivity contribution in [3.8, 4) is 0 Å². The molecule has 0 bridgehead atoms. The van der Waals surface area contributed by atoms with Crippen molar-refractivity contribution >= 4 is 0 Å². The van der Waals surface area contributed by atoms with Crippen molar-refractivity contribution in [1.82, 2.24) is 5.32 Å². The van der Waals surface area contributed by atoms with Crippen LogP contribution in [-0.4, -0.2) is 13.1 Å². The third-order valence-electron chi connectivity index (χ3n) is 3.14. The predicted octanol–water partition coefficient (Wildman–Crippen LogP) is 2.81. The minimum Gasteiger partial charge on any atom is -0.316 e. The van der Waals surface area contributed by atoms with Gasteiger partial charge in [-0.1, -0.05) is 39.5 Å². The van der Waals surface area contributed by atoms with Crippen LogP contribution in [0.5, 0.6) is 0 Å². The van der Waals surface area contributed by atoms with E-state index in [1.165, 1.54) is 45.2 Å². The van der Waals surface area contributed by atoms with Crippen molar-refractivity contribution in [2.75, 3.05) is 13.1 Å². The van der Waals surface area contributed by atoms with Crippen LogP contribution in [0.4, 0.5) is 0 Å². The molecule has 1 saturated heterocycles. The van der Waals surface area contributed by atoms with E-state index in [-0.39, 0.29) is 0 Å². The molecule has 0 aliphatic carbocycles. The zero-order valence-corrected chi connectivity index (χ0v) is 8.60. The molecule has 12 heavy (non-hydrogen) atoms. The van der Waals surface area contributed by atoms with E-state index >= 15 is 0 Å². The van der Waals surface area contributed by atoms with Gasteiger partial charge in [0.1, 0.15) is 0 Å². The van der Waals surface area contributed by atoms with Crippen LogP contribution in [0.25, 0.3) is 0 Å². The molecule has 2 atom stereocenters. The number of piperidine rings is 1. The first kappa shape index (κ1) is 10.0. The number of hydrogen-bond donors (Lipinski definition) is 1. The molecule has 1 rings (SSSR count). The van der Waals surface area contributed by atoms with Crippen LogP contribution in [0.3, 0.4) is 0 Å². The van der Waals surface area contributed by atoms with Crippen LogP contribution in [0, 0.1) is 11.8 Å². The molecule has 0 aromatic heterocycles. The number of hydrogen-bond acceptors (Lipinski definition) is 1. The van der Waals surface area contributed by atoms with Gasteiger partial charge in [0, 0.05) is 0 Å². The SMILES string of the molecule is CCCCC[C@H]1CCNC[C@H]1C. The Morgan fingerprint density at radius 1 is 1.33 bits per heavy atom. The minimum atomic E-state index is 0.913. The van der Waals surface area contributed by atoms with Gasteiger partial charge in [-0.3, -0.25) is 0 Å². The van der Waals surface area contributed by atoms with Gasteiger partial charge in [-0.2, -0.15) is 0 Å². The van der Waals surface area contributed by atoms with E-state index in [1.807, 2.05) is 0 Å². The Bertz CT molecular complexity index is 112. The number of unbranched alkanes of at least 4 members (excludes halogenated alkanes) is 2. The summed E-state index contributed by atoms with van der Waals surface area (Å²) in [6.45, 7) is 7.17. The van der Waals surface area contributed by atoms with E-state index in [0.717, 1.165) is 11.8 Å². The summed E-state index contributed by atoms with van der Waals surface area (Å²) in [4.78, 5) is 0. The van der Waals surface area contributed by atoms with Crippen LogP contribution in [-0.2, 0) is 0 Å². The van der Waals surface area contributed by atoms with Gasteiger partial charge in [0.2, 0.25) is 0 Å². The fourth-order valence-electron chi connectivity index (χ4n) is 2.15. The lowest BCUT2D eigenvalue weighted by Crippen LogP contribution is -2.34. The highest BCUT2D eigenvalue weighted by molar-refractivity contribution is 4.74. The van der Waals surface area contributed by atoms with E-state index in [4.69, 9.17) is 0 Å². The van der Waals surface area contributed by atoms with Crippen molar-refractivity contribution in [3.63, 3.8) is 0 Å². The molecule has 0 radical (unpaired) electrons. The molecule has 72 valence electrons. The summed E-state index contributed by atoms with van der Waals surface area (Å²) in [5, 5.41) is 3.45. The summed E-state index contributed by atoms with van der Waals surface area (Å²) in [6.07, 6.45) is 7.11. The lowest BCUT2D eigenvalue weighted by molar-refractivity contribution is 0.252. The molecule has 1 heterocycles. The second-order valence-electron chi connectivity index (χ2n) is 4.23. The summed E-state index contributed by atoms with van der Waals surface area (Å²) < 4.78 is 0. The normalized spacial score (nSPS) is 30.5. The summed E-state index contributed by atoms with van der Waals surface area (Å²) in [5.74, 6) is 1.92. The summed E-state index contributed by atoms with van der Waals surface area (Å²) in [7, 11) is 0. The Morgan fingerprint density at radius 3 is 2.83 bits per heavy atom. The van der Waals surface area contributed by atoms with Crippen LogP contribution in [0.1, 0.15) is 46.0 Å². The average Bonchev–Trinajstić information content (AvgIpc) is 2.09. The predicted molar refractivity (Wildman–Crippen MR) is 54.3 cm³/mol. The molecule has 1 nitrogen and oxygen atoms in total. The van der Waals surface area contributed by atoms with Gasteiger partial charge in [0.05, 0.1) is 0 Å². The van der Waals surface area contributed by atoms with Crippen molar-refractivity contribution in [1.29, 1.82) is 0 Å². The minimum absolute atomic E-state index is 0.913. The van der Waals surface area contributed by atoms with Crippen LogP contribution >= 0.6 is 0 Å². The molecule has 0 spiro atoms. The van der Waals surface area contributed by atoms with Gasteiger partial charge in [-0.25, -0.2) is 0 Å². The van der Waals surface area contributed by atoms with Gasteiger partial charge in [0.15, 0.2) is 0 Å². The molecule has 0 amide bonds. The van der Waals surface area contributed by atoms with Crippen molar-refractivity contribution in [2.45, 2.75) is 46.0 Å². The van der Waals surface area contributed by atoms with Crippen molar-refractivity contribution in [3.05, 3.63) is 0 Å². The maximum absolute atomic E-state index is 3.45. The highest BCUT2D eigenvalue weighted by Crippen LogP contribution is 2.24. The summed E-state index contributed by atoms with van der Waals surface area (Å²) >= 11 is 0. The Morgan fingerprint density at radius 2 is 2.17 bits per heavy atom. The Labute approximate surface area is 76.9 Å². The molecule has 1 heteroatoms. The van der Waals surface area contributed by atoms with E-state index in [1.54, 1.807) is 0 Å². The first-order chi connectivity index (χ1) is 5.84. The Balaban J connectivity index is 2.11. The number of nitrogens with one attached hydrogen (secondary N) is 1. The standard InChI is InChI=1S/C11H23N/c1-3-4-5-6-11-7-8-12-9-10(11)2/h10-12H,3-9H2,1-2H3/t10-,11+/m1/s1. The van der Waals surface area contributed by atoms with Crippen LogP contribution in [0.2, 0.25) is 0 Å². The molecule has 1 N–H and O–H groups in total. The zero-order chi connectivity index (χ0) is 8.81.